The number of esters is 1. The van der Waals surface area contributed by atoms with Crippen LogP contribution in [0.3, 0.4) is 0 Å². The second kappa shape index (κ2) is 13.2. The molecule has 0 atom stereocenters. The lowest BCUT2D eigenvalue weighted by Gasteiger charge is -2.34. The summed E-state index contributed by atoms with van der Waals surface area (Å²) in [7, 11) is 1.22. The summed E-state index contributed by atoms with van der Waals surface area (Å²) in [6, 6.07) is 8.13. The third-order valence-electron chi connectivity index (χ3n) is 7.84. The monoisotopic (exact) mass is 576 g/mol. The van der Waals surface area contributed by atoms with Crippen molar-refractivity contribution in [3.8, 4) is 11.5 Å². The lowest BCUT2D eigenvalue weighted by molar-refractivity contribution is -0.138. The predicted octanol–water partition coefficient (Wildman–Crippen LogP) is 6.68. The van der Waals surface area contributed by atoms with E-state index in [1.165, 1.54) is 25.3 Å². The summed E-state index contributed by atoms with van der Waals surface area (Å²) in [4.78, 5) is 30.1. The number of morpholine rings is 1. The number of hydrogen-bond donors (Lipinski definition) is 0. The Balaban J connectivity index is 1.64. The number of anilines is 1. The first-order chi connectivity index (χ1) is 19.5. The van der Waals surface area contributed by atoms with E-state index >= 15 is 0 Å². The number of ether oxygens (including phenoxy) is 3. The quantitative estimate of drug-likeness (QED) is 0.327. The Morgan fingerprint density at radius 3 is 2.34 bits per heavy atom. The van der Waals surface area contributed by atoms with Gasteiger partial charge in [0.15, 0.2) is 0 Å². The number of benzene rings is 2. The van der Waals surface area contributed by atoms with Crippen LogP contribution in [-0.2, 0) is 27.0 Å². The molecule has 0 radical (unpaired) electrons. The maximum Gasteiger partial charge on any atom is 0.419 e. The summed E-state index contributed by atoms with van der Waals surface area (Å²) >= 11 is 0. The topological polar surface area (TPSA) is 68.3 Å². The first-order valence-corrected chi connectivity index (χ1v) is 14.2. The fourth-order valence-electron chi connectivity index (χ4n) is 5.55. The van der Waals surface area contributed by atoms with Crippen LogP contribution in [0.4, 0.5) is 18.9 Å². The van der Waals surface area contributed by atoms with Gasteiger partial charge in [-0.1, -0.05) is 13.0 Å². The molecule has 0 N–H and O–H groups in total. The molecule has 1 saturated carbocycles. The number of halogens is 3. The fourth-order valence-corrected chi connectivity index (χ4v) is 5.55. The molecule has 1 amide bonds. The molecular formula is C31H39F3N2O5. The summed E-state index contributed by atoms with van der Waals surface area (Å²) in [6.45, 7) is 8.67. The van der Waals surface area contributed by atoms with E-state index in [-0.39, 0.29) is 34.9 Å². The second-order valence-corrected chi connectivity index (χ2v) is 11.2. The van der Waals surface area contributed by atoms with Gasteiger partial charge in [-0.3, -0.25) is 9.69 Å². The average Bonchev–Trinajstić information content (AvgIpc) is 2.94. The van der Waals surface area contributed by atoms with E-state index in [0.29, 0.717) is 50.0 Å². The number of nitrogens with zero attached hydrogens (tertiary/aromatic N) is 2. The molecule has 1 aliphatic heterocycles. The van der Waals surface area contributed by atoms with Crippen LogP contribution in [0.1, 0.15) is 67.9 Å². The van der Waals surface area contributed by atoms with Gasteiger partial charge in [-0.05, 0) is 81.3 Å². The Kier molecular flexibility index (Phi) is 9.96. The highest BCUT2D eigenvalue weighted by Gasteiger charge is 2.36. The van der Waals surface area contributed by atoms with Gasteiger partial charge in [0.1, 0.15) is 11.5 Å². The number of amides is 1. The first kappa shape index (κ1) is 30.8. The molecule has 1 heterocycles. The van der Waals surface area contributed by atoms with Gasteiger partial charge in [-0.2, -0.15) is 13.2 Å². The van der Waals surface area contributed by atoms with E-state index in [9.17, 15) is 22.8 Å². The van der Waals surface area contributed by atoms with Crippen molar-refractivity contribution in [1.82, 2.24) is 4.90 Å². The standard InChI is InChI=1S/C31H39F3N2O5/c1-20(2)36(29(37)23-8-5-21(3)6-9-23)27-11-10-24(18-25(27)30(38)39-4)41-28-12-7-22(17-26(28)31(32,33)34)19-35-13-15-40-16-14-35/h7,10-12,17-18,20-21,23H,5-6,8-9,13-16,19H2,1-4H3. The van der Waals surface area contributed by atoms with Crippen molar-refractivity contribution in [3.63, 3.8) is 0 Å². The van der Waals surface area contributed by atoms with E-state index in [0.717, 1.165) is 31.7 Å². The highest BCUT2D eigenvalue weighted by atomic mass is 19.4. The Morgan fingerprint density at radius 2 is 1.73 bits per heavy atom. The van der Waals surface area contributed by atoms with E-state index < -0.39 is 17.7 Å². The maximum atomic E-state index is 14.1. The van der Waals surface area contributed by atoms with Crippen LogP contribution in [0.5, 0.6) is 11.5 Å². The van der Waals surface area contributed by atoms with Gasteiger partial charge in [0.25, 0.3) is 0 Å². The largest absolute Gasteiger partial charge is 0.465 e. The number of alkyl halides is 3. The Morgan fingerprint density at radius 1 is 1.05 bits per heavy atom. The van der Waals surface area contributed by atoms with Crippen molar-refractivity contribution in [2.45, 2.75) is 65.2 Å². The number of hydrogen-bond acceptors (Lipinski definition) is 6. The number of carbonyl (C=O) groups excluding carboxylic acids is 2. The molecule has 2 fully saturated rings. The van der Waals surface area contributed by atoms with Crippen molar-refractivity contribution < 1.29 is 37.0 Å². The molecule has 1 saturated heterocycles. The minimum absolute atomic E-state index is 0.0308. The molecule has 0 unspecified atom stereocenters. The normalized spacial score (nSPS) is 20.1. The lowest BCUT2D eigenvalue weighted by atomic mass is 9.82. The minimum atomic E-state index is -4.65. The summed E-state index contributed by atoms with van der Waals surface area (Å²) in [5.41, 5.74) is 0.00582. The summed E-state index contributed by atoms with van der Waals surface area (Å²) in [6.07, 6.45) is -1.17. The summed E-state index contributed by atoms with van der Waals surface area (Å²) < 4.78 is 58.3. The molecule has 2 aromatic rings. The fraction of sp³-hybridized carbons (Fsp3) is 0.548. The van der Waals surface area contributed by atoms with E-state index in [1.807, 2.05) is 18.7 Å². The van der Waals surface area contributed by atoms with Crippen molar-refractivity contribution >= 4 is 17.6 Å². The van der Waals surface area contributed by atoms with E-state index in [1.54, 1.807) is 17.0 Å². The van der Waals surface area contributed by atoms with Crippen LogP contribution in [0, 0.1) is 11.8 Å². The SMILES string of the molecule is COC(=O)c1cc(Oc2ccc(CN3CCOCC3)cc2C(F)(F)F)ccc1N(C(=O)C1CCC(C)CC1)C(C)C. The molecule has 10 heteroatoms. The van der Waals surface area contributed by atoms with Crippen LogP contribution >= 0.6 is 0 Å². The minimum Gasteiger partial charge on any atom is -0.465 e. The summed E-state index contributed by atoms with van der Waals surface area (Å²) in [5.74, 6) is -0.703. The van der Waals surface area contributed by atoms with Gasteiger partial charge >= 0.3 is 12.1 Å². The highest BCUT2D eigenvalue weighted by Crippen LogP contribution is 2.40. The third kappa shape index (κ3) is 7.60. The average molecular weight is 577 g/mol. The van der Waals surface area contributed by atoms with E-state index in [4.69, 9.17) is 14.2 Å². The van der Waals surface area contributed by atoms with Gasteiger partial charge in [0, 0.05) is 31.6 Å². The van der Waals surface area contributed by atoms with E-state index in [2.05, 4.69) is 6.92 Å². The Labute approximate surface area is 239 Å². The molecule has 0 bridgehead atoms. The molecule has 4 rings (SSSR count). The highest BCUT2D eigenvalue weighted by molar-refractivity contribution is 6.04. The second-order valence-electron chi connectivity index (χ2n) is 11.2. The van der Waals surface area contributed by atoms with Crippen molar-refractivity contribution in [3.05, 3.63) is 53.1 Å². The van der Waals surface area contributed by atoms with Crippen molar-refractivity contribution in [2.24, 2.45) is 11.8 Å². The van der Waals surface area contributed by atoms with Crippen molar-refractivity contribution in [2.75, 3.05) is 38.3 Å². The predicted molar refractivity (Wildman–Crippen MR) is 149 cm³/mol. The molecular weight excluding hydrogens is 537 g/mol. The smallest absolute Gasteiger partial charge is 0.419 e. The molecule has 2 aliphatic rings. The molecule has 0 spiro atoms. The number of rotatable bonds is 8. The molecule has 41 heavy (non-hydrogen) atoms. The zero-order valence-corrected chi connectivity index (χ0v) is 24.1. The van der Waals surface area contributed by atoms with Crippen LogP contribution < -0.4 is 9.64 Å². The zero-order chi connectivity index (χ0) is 29.7. The van der Waals surface area contributed by atoms with Gasteiger partial charge in [0.2, 0.25) is 5.91 Å². The Bertz CT molecular complexity index is 1220. The number of methoxy groups -OCH3 is 1. The van der Waals surface area contributed by atoms with Crippen LogP contribution in [-0.4, -0.2) is 56.2 Å². The zero-order valence-electron chi connectivity index (χ0n) is 24.1. The molecule has 2 aromatic carbocycles. The van der Waals surface area contributed by atoms with Crippen LogP contribution in [0.2, 0.25) is 0 Å². The first-order valence-electron chi connectivity index (χ1n) is 14.2. The summed E-state index contributed by atoms with van der Waals surface area (Å²) in [5, 5.41) is 0. The van der Waals surface area contributed by atoms with Crippen molar-refractivity contribution in [1.29, 1.82) is 0 Å². The van der Waals surface area contributed by atoms with Gasteiger partial charge in [0.05, 0.1) is 37.1 Å². The van der Waals surface area contributed by atoms with Crippen LogP contribution in [0.15, 0.2) is 36.4 Å². The molecule has 1 aliphatic carbocycles. The maximum absolute atomic E-state index is 14.1. The number of carbonyl (C=O) groups is 2. The molecule has 224 valence electrons. The third-order valence-corrected chi connectivity index (χ3v) is 7.84. The van der Waals surface area contributed by atoms with Crippen LogP contribution in [0.25, 0.3) is 0 Å². The van der Waals surface area contributed by atoms with Gasteiger partial charge in [-0.25, -0.2) is 4.79 Å². The van der Waals surface area contributed by atoms with Gasteiger partial charge in [-0.15, -0.1) is 0 Å². The Hall–Kier alpha value is -3.11. The lowest BCUT2D eigenvalue weighted by Crippen LogP contribution is -2.43. The van der Waals surface area contributed by atoms with Gasteiger partial charge < -0.3 is 19.1 Å². The molecule has 7 nitrogen and oxygen atoms in total. The molecule has 0 aromatic heterocycles.